The fourth-order valence-corrected chi connectivity index (χ4v) is 1.01. The molecule has 0 spiro atoms. The van der Waals surface area contributed by atoms with Crippen molar-refractivity contribution < 1.29 is 9.90 Å². The summed E-state index contributed by atoms with van der Waals surface area (Å²) in [6.45, 7) is 4.65. The molecule has 0 saturated carbocycles. The first-order valence-corrected chi connectivity index (χ1v) is 5.16. The van der Waals surface area contributed by atoms with Gasteiger partial charge in [-0.05, 0) is 31.8 Å². The average molecular weight is 215 g/mol. The Morgan fingerprint density at radius 1 is 1.53 bits per heavy atom. The minimum Gasteiger partial charge on any atom is -0.480 e. The van der Waals surface area contributed by atoms with Gasteiger partial charge in [0.2, 0.25) is 0 Å². The van der Waals surface area contributed by atoms with Crippen molar-refractivity contribution in [2.24, 2.45) is 11.5 Å². The summed E-state index contributed by atoms with van der Waals surface area (Å²) in [4.78, 5) is 10.4. The summed E-state index contributed by atoms with van der Waals surface area (Å²) in [6.07, 6.45) is 2.07. The lowest BCUT2D eigenvalue weighted by atomic mass is 10.1. The number of carboxylic acids is 1. The van der Waals surface area contributed by atoms with Crippen molar-refractivity contribution in [1.82, 2.24) is 5.32 Å². The zero-order chi connectivity index (χ0) is 11.8. The van der Waals surface area contributed by atoms with Crippen LogP contribution in [0.15, 0.2) is 11.4 Å². The summed E-state index contributed by atoms with van der Waals surface area (Å²) in [5, 5.41) is 11.6. The second kappa shape index (κ2) is 7.11. The largest absolute Gasteiger partial charge is 0.480 e. The van der Waals surface area contributed by atoms with E-state index in [2.05, 4.69) is 5.32 Å². The van der Waals surface area contributed by atoms with E-state index >= 15 is 0 Å². The molecule has 0 aromatic carbocycles. The molecule has 0 aromatic heterocycles. The van der Waals surface area contributed by atoms with Gasteiger partial charge >= 0.3 is 5.97 Å². The average Bonchev–Trinajstić information content (AvgIpc) is 2.22. The number of nitrogens with two attached hydrogens (primary N) is 2. The highest BCUT2D eigenvalue weighted by atomic mass is 16.4. The second-order valence-electron chi connectivity index (χ2n) is 3.56. The number of nitrogens with one attached hydrogen (secondary N) is 1. The standard InChI is InChI=1S/C10H21N3O2/c1-3-7(2)9(12)13-6-4-5-8(11)10(14)15/h8,13H,3-6,11-12H2,1-2H3,(H,14,15)/b9-7+/t8-/m0/s1. The Kier molecular flexibility index (Phi) is 6.53. The van der Waals surface area contributed by atoms with Crippen LogP contribution in [-0.4, -0.2) is 23.7 Å². The number of rotatable bonds is 7. The highest BCUT2D eigenvalue weighted by molar-refractivity contribution is 5.72. The number of hydrogen-bond acceptors (Lipinski definition) is 4. The molecule has 0 fully saturated rings. The Balaban J connectivity index is 3.68. The van der Waals surface area contributed by atoms with E-state index in [1.165, 1.54) is 0 Å². The lowest BCUT2D eigenvalue weighted by molar-refractivity contribution is -0.138. The van der Waals surface area contributed by atoms with Crippen molar-refractivity contribution >= 4 is 5.97 Å². The molecule has 1 atom stereocenters. The minimum absolute atomic E-state index is 0.459. The van der Waals surface area contributed by atoms with Crippen molar-refractivity contribution in [1.29, 1.82) is 0 Å². The van der Waals surface area contributed by atoms with E-state index < -0.39 is 12.0 Å². The van der Waals surface area contributed by atoms with Crippen LogP contribution in [0.4, 0.5) is 0 Å². The lowest BCUT2D eigenvalue weighted by Crippen LogP contribution is -2.31. The topological polar surface area (TPSA) is 101 Å². The molecular weight excluding hydrogens is 194 g/mol. The molecule has 0 aromatic rings. The lowest BCUT2D eigenvalue weighted by Gasteiger charge is -2.10. The smallest absolute Gasteiger partial charge is 0.320 e. The second-order valence-corrected chi connectivity index (χ2v) is 3.56. The molecule has 0 rings (SSSR count). The van der Waals surface area contributed by atoms with Crippen LogP contribution in [0.5, 0.6) is 0 Å². The molecule has 5 nitrogen and oxygen atoms in total. The fraction of sp³-hybridized carbons (Fsp3) is 0.700. The van der Waals surface area contributed by atoms with Crippen LogP contribution in [0.2, 0.25) is 0 Å². The maximum Gasteiger partial charge on any atom is 0.320 e. The van der Waals surface area contributed by atoms with Gasteiger partial charge in [-0.1, -0.05) is 6.92 Å². The van der Waals surface area contributed by atoms with Gasteiger partial charge in [0.15, 0.2) is 0 Å². The zero-order valence-corrected chi connectivity index (χ0v) is 9.42. The maximum absolute atomic E-state index is 10.4. The van der Waals surface area contributed by atoms with E-state index in [-0.39, 0.29) is 0 Å². The Labute approximate surface area is 90.5 Å². The van der Waals surface area contributed by atoms with Crippen LogP contribution in [0.3, 0.4) is 0 Å². The third-order valence-electron chi connectivity index (χ3n) is 2.31. The van der Waals surface area contributed by atoms with Crippen molar-refractivity contribution in [3.63, 3.8) is 0 Å². The molecule has 0 aliphatic carbocycles. The summed E-state index contributed by atoms with van der Waals surface area (Å²) in [5.41, 5.74) is 12.2. The first-order valence-electron chi connectivity index (χ1n) is 5.16. The van der Waals surface area contributed by atoms with Crippen molar-refractivity contribution in [2.45, 2.75) is 39.2 Å². The van der Waals surface area contributed by atoms with E-state index in [4.69, 9.17) is 16.6 Å². The van der Waals surface area contributed by atoms with Crippen LogP contribution in [0.25, 0.3) is 0 Å². The predicted molar refractivity (Wildman–Crippen MR) is 60.0 cm³/mol. The van der Waals surface area contributed by atoms with Crippen LogP contribution >= 0.6 is 0 Å². The fourth-order valence-electron chi connectivity index (χ4n) is 1.01. The summed E-state index contributed by atoms with van der Waals surface area (Å²) < 4.78 is 0. The molecule has 6 N–H and O–H groups in total. The molecule has 15 heavy (non-hydrogen) atoms. The summed E-state index contributed by atoms with van der Waals surface area (Å²) in [6, 6.07) is -0.774. The SMILES string of the molecule is CC/C(C)=C(\N)NCCC[C@H](N)C(=O)O. The maximum atomic E-state index is 10.4. The summed E-state index contributed by atoms with van der Waals surface area (Å²) in [7, 11) is 0. The number of carboxylic acid groups (broad SMARTS) is 1. The van der Waals surface area contributed by atoms with Gasteiger partial charge in [0.25, 0.3) is 0 Å². The van der Waals surface area contributed by atoms with E-state index in [1.54, 1.807) is 0 Å². The number of hydrogen-bond donors (Lipinski definition) is 4. The molecule has 0 aliphatic heterocycles. The molecule has 0 radical (unpaired) electrons. The van der Waals surface area contributed by atoms with E-state index in [1.807, 2.05) is 13.8 Å². The molecular formula is C10H21N3O2. The van der Waals surface area contributed by atoms with Crippen LogP contribution in [-0.2, 0) is 4.79 Å². The Hall–Kier alpha value is -1.23. The molecule has 0 aliphatic rings. The molecule has 0 saturated heterocycles. The van der Waals surface area contributed by atoms with Crippen LogP contribution < -0.4 is 16.8 Å². The van der Waals surface area contributed by atoms with Gasteiger partial charge in [-0.25, -0.2) is 0 Å². The zero-order valence-electron chi connectivity index (χ0n) is 9.42. The number of allylic oxidation sites excluding steroid dienone is 1. The van der Waals surface area contributed by atoms with E-state index in [0.29, 0.717) is 25.2 Å². The van der Waals surface area contributed by atoms with Crippen LogP contribution in [0, 0.1) is 0 Å². The van der Waals surface area contributed by atoms with Gasteiger partial charge in [0.05, 0.1) is 5.82 Å². The van der Waals surface area contributed by atoms with Crippen molar-refractivity contribution in [2.75, 3.05) is 6.54 Å². The monoisotopic (exact) mass is 215 g/mol. The molecule has 0 unspecified atom stereocenters. The van der Waals surface area contributed by atoms with Gasteiger partial charge < -0.3 is 21.9 Å². The molecule has 0 amide bonds. The highest BCUT2D eigenvalue weighted by Gasteiger charge is 2.09. The van der Waals surface area contributed by atoms with Gasteiger partial charge in [-0.3, -0.25) is 4.79 Å². The number of aliphatic carboxylic acids is 1. The van der Waals surface area contributed by atoms with Gasteiger partial charge in [0, 0.05) is 6.54 Å². The molecule has 88 valence electrons. The Morgan fingerprint density at radius 3 is 2.60 bits per heavy atom. The van der Waals surface area contributed by atoms with Crippen molar-refractivity contribution in [3.05, 3.63) is 11.4 Å². The first-order chi connectivity index (χ1) is 6.99. The van der Waals surface area contributed by atoms with Crippen LogP contribution in [0.1, 0.15) is 33.1 Å². The molecule has 0 bridgehead atoms. The quantitative estimate of drug-likeness (QED) is 0.460. The van der Waals surface area contributed by atoms with Gasteiger partial charge in [-0.2, -0.15) is 0 Å². The summed E-state index contributed by atoms with van der Waals surface area (Å²) in [5.74, 6) is -0.273. The van der Waals surface area contributed by atoms with Gasteiger partial charge in [0.1, 0.15) is 6.04 Å². The predicted octanol–water partition coefficient (Wildman–Crippen LogP) is 0.368. The highest BCUT2D eigenvalue weighted by Crippen LogP contribution is 2.00. The third kappa shape index (κ3) is 5.96. The first kappa shape index (κ1) is 13.8. The van der Waals surface area contributed by atoms with Crippen molar-refractivity contribution in [3.8, 4) is 0 Å². The Morgan fingerprint density at radius 2 is 2.13 bits per heavy atom. The molecule has 5 heteroatoms. The third-order valence-corrected chi connectivity index (χ3v) is 2.31. The van der Waals surface area contributed by atoms with E-state index in [9.17, 15) is 4.79 Å². The number of carbonyl (C=O) groups is 1. The summed E-state index contributed by atoms with van der Waals surface area (Å²) >= 11 is 0. The Bertz CT molecular complexity index is 239. The normalized spacial score (nSPS) is 14.3. The minimum atomic E-state index is -0.955. The van der Waals surface area contributed by atoms with E-state index in [0.717, 1.165) is 12.0 Å². The van der Waals surface area contributed by atoms with Gasteiger partial charge in [-0.15, -0.1) is 0 Å². The molecule has 0 heterocycles.